The molecule has 5 heteroatoms. The number of carboxylic acid groups (broad SMARTS) is 1. The third-order valence-electron chi connectivity index (χ3n) is 4.98. The first-order valence-electron chi connectivity index (χ1n) is 8.26. The lowest BCUT2D eigenvalue weighted by Crippen LogP contribution is -2.54. The monoisotopic (exact) mass is 317 g/mol. The van der Waals surface area contributed by atoms with E-state index in [9.17, 15) is 9.59 Å². The Bertz CT molecular complexity index is 568. The van der Waals surface area contributed by atoms with Crippen LogP contribution < -0.4 is 0 Å². The summed E-state index contributed by atoms with van der Waals surface area (Å²) in [5, 5.41) is 8.92. The third kappa shape index (κ3) is 3.55. The molecule has 1 saturated heterocycles. The minimum atomic E-state index is -0.882. The highest BCUT2D eigenvalue weighted by Gasteiger charge is 2.46. The number of rotatable bonds is 5. The highest BCUT2D eigenvalue weighted by Crippen LogP contribution is 2.45. The van der Waals surface area contributed by atoms with Gasteiger partial charge in [-0.2, -0.15) is 0 Å². The molecule has 0 spiro atoms. The molecule has 0 radical (unpaired) electrons. The number of aliphatic carboxylic acids is 1. The summed E-state index contributed by atoms with van der Waals surface area (Å²) in [4.78, 5) is 25.7. The van der Waals surface area contributed by atoms with Crippen molar-refractivity contribution >= 4 is 11.9 Å². The van der Waals surface area contributed by atoms with Crippen molar-refractivity contribution in [1.82, 2.24) is 4.90 Å². The Labute approximate surface area is 136 Å². The number of benzene rings is 1. The Kier molecular flexibility index (Phi) is 4.66. The summed E-state index contributed by atoms with van der Waals surface area (Å²) in [6.07, 6.45) is 3.26. The molecule has 1 aromatic rings. The summed E-state index contributed by atoms with van der Waals surface area (Å²) in [5.74, 6) is -0.710. The molecule has 23 heavy (non-hydrogen) atoms. The Morgan fingerprint density at radius 1 is 1.26 bits per heavy atom. The Hall–Kier alpha value is -1.88. The first kappa shape index (κ1) is 16.0. The van der Waals surface area contributed by atoms with E-state index in [1.807, 2.05) is 23.1 Å². The van der Waals surface area contributed by atoms with Crippen LogP contribution in [0.25, 0.3) is 0 Å². The van der Waals surface area contributed by atoms with E-state index in [4.69, 9.17) is 9.84 Å². The van der Waals surface area contributed by atoms with Crippen molar-refractivity contribution in [3.63, 3.8) is 0 Å². The first-order valence-corrected chi connectivity index (χ1v) is 8.26. The Morgan fingerprint density at radius 3 is 2.61 bits per heavy atom. The van der Waals surface area contributed by atoms with Gasteiger partial charge >= 0.3 is 5.97 Å². The average molecular weight is 317 g/mol. The number of hydrogen-bond acceptors (Lipinski definition) is 3. The smallest absolute Gasteiger partial charge is 0.306 e. The van der Waals surface area contributed by atoms with Crippen molar-refractivity contribution in [2.24, 2.45) is 5.41 Å². The van der Waals surface area contributed by atoms with Gasteiger partial charge in [-0.1, -0.05) is 36.8 Å². The summed E-state index contributed by atoms with van der Waals surface area (Å²) in [6.45, 7) is 1.37. The molecule has 1 aromatic carbocycles. The van der Waals surface area contributed by atoms with Gasteiger partial charge < -0.3 is 14.7 Å². The summed E-state index contributed by atoms with van der Waals surface area (Å²) in [7, 11) is 0. The van der Waals surface area contributed by atoms with E-state index in [0.717, 1.165) is 25.7 Å². The fraction of sp³-hybridized carbons (Fsp3) is 0.556. The topological polar surface area (TPSA) is 66.8 Å². The van der Waals surface area contributed by atoms with E-state index < -0.39 is 5.97 Å². The van der Waals surface area contributed by atoms with Crippen LogP contribution >= 0.6 is 0 Å². The predicted molar refractivity (Wildman–Crippen MR) is 85.0 cm³/mol. The molecule has 1 N–H and O–H groups in total. The average Bonchev–Trinajstić information content (AvgIpc) is 2.51. The van der Waals surface area contributed by atoms with Gasteiger partial charge in [0.1, 0.15) is 0 Å². The molecule has 2 aliphatic rings. The largest absolute Gasteiger partial charge is 0.481 e. The minimum Gasteiger partial charge on any atom is -0.481 e. The van der Waals surface area contributed by atoms with Crippen molar-refractivity contribution in [1.29, 1.82) is 0 Å². The molecule has 1 amide bonds. The lowest BCUT2D eigenvalue weighted by atomic mass is 9.64. The molecule has 1 aliphatic carbocycles. The number of hydrogen-bond donors (Lipinski definition) is 1. The van der Waals surface area contributed by atoms with Gasteiger partial charge in [-0.25, -0.2) is 0 Å². The highest BCUT2D eigenvalue weighted by atomic mass is 16.5. The number of morpholine rings is 1. The zero-order valence-electron chi connectivity index (χ0n) is 13.2. The van der Waals surface area contributed by atoms with Gasteiger partial charge in [0.05, 0.1) is 24.5 Å². The molecule has 3 rings (SSSR count). The van der Waals surface area contributed by atoms with Gasteiger partial charge in [0.2, 0.25) is 5.91 Å². The fourth-order valence-corrected chi connectivity index (χ4v) is 3.61. The Balaban J connectivity index is 1.68. The number of ether oxygens (including phenoxy) is 1. The predicted octanol–water partition coefficient (Wildman–Crippen LogP) is 2.10. The molecule has 5 nitrogen and oxygen atoms in total. The van der Waals surface area contributed by atoms with E-state index >= 15 is 0 Å². The number of amides is 1. The van der Waals surface area contributed by atoms with Gasteiger partial charge in [0, 0.05) is 13.1 Å². The number of carbonyl (C=O) groups excluding carboxylic acids is 1. The van der Waals surface area contributed by atoms with Crippen LogP contribution in [0.3, 0.4) is 0 Å². The van der Waals surface area contributed by atoms with Crippen molar-refractivity contribution in [2.45, 2.75) is 38.2 Å². The third-order valence-corrected chi connectivity index (χ3v) is 4.98. The maximum atomic E-state index is 13.1. The van der Waals surface area contributed by atoms with Crippen LogP contribution in [0.4, 0.5) is 0 Å². The second-order valence-electron chi connectivity index (χ2n) is 6.64. The summed E-state index contributed by atoms with van der Waals surface area (Å²) in [5.41, 5.74) is 0.892. The molecule has 1 atom stereocenters. The zero-order valence-corrected chi connectivity index (χ0v) is 13.2. The number of nitrogens with zero attached hydrogens (tertiary/aromatic N) is 1. The van der Waals surface area contributed by atoms with E-state index in [1.165, 1.54) is 5.56 Å². The van der Waals surface area contributed by atoms with Gasteiger partial charge in [0.15, 0.2) is 0 Å². The van der Waals surface area contributed by atoms with E-state index in [1.54, 1.807) is 0 Å². The van der Waals surface area contributed by atoms with Crippen LogP contribution in [-0.4, -0.2) is 47.7 Å². The lowest BCUT2D eigenvalue weighted by molar-refractivity contribution is -0.158. The molecular weight excluding hydrogens is 294 g/mol. The molecule has 124 valence electrons. The molecule has 0 unspecified atom stereocenters. The van der Waals surface area contributed by atoms with Gasteiger partial charge in [-0.15, -0.1) is 0 Å². The second kappa shape index (κ2) is 6.71. The molecule has 0 bridgehead atoms. The van der Waals surface area contributed by atoms with Crippen LogP contribution in [0, 0.1) is 5.41 Å². The van der Waals surface area contributed by atoms with Crippen molar-refractivity contribution in [2.75, 3.05) is 19.7 Å². The van der Waals surface area contributed by atoms with Gasteiger partial charge in [-0.05, 0) is 24.8 Å². The quantitative estimate of drug-likeness (QED) is 0.903. The zero-order chi connectivity index (χ0) is 16.3. The fourth-order valence-electron chi connectivity index (χ4n) is 3.61. The summed E-state index contributed by atoms with van der Waals surface area (Å²) < 4.78 is 5.48. The maximum absolute atomic E-state index is 13.1. The van der Waals surface area contributed by atoms with Gasteiger partial charge in [-0.3, -0.25) is 9.59 Å². The molecular formula is C18H23NO4. The molecule has 2 fully saturated rings. The van der Waals surface area contributed by atoms with Crippen LogP contribution in [0.15, 0.2) is 30.3 Å². The number of carboxylic acids is 1. The maximum Gasteiger partial charge on any atom is 0.306 e. The van der Waals surface area contributed by atoms with E-state index in [2.05, 4.69) is 12.1 Å². The molecule has 1 saturated carbocycles. The lowest BCUT2D eigenvalue weighted by Gasteiger charge is -2.45. The highest BCUT2D eigenvalue weighted by molar-refractivity contribution is 5.84. The standard InChI is InChI=1S/C18H23NO4/c20-16(21)11-15-13-19(9-10-23-15)17(22)18(7-4-8-18)12-14-5-2-1-3-6-14/h1-3,5-6,15H,4,7-13H2,(H,20,21)/t15-/m0/s1. The van der Waals surface area contributed by atoms with E-state index in [0.29, 0.717) is 19.7 Å². The summed E-state index contributed by atoms with van der Waals surface area (Å²) >= 11 is 0. The van der Waals surface area contributed by atoms with Crippen molar-refractivity contribution < 1.29 is 19.4 Å². The number of carbonyl (C=O) groups is 2. The first-order chi connectivity index (χ1) is 11.1. The minimum absolute atomic E-state index is 0.0462. The Morgan fingerprint density at radius 2 is 2.00 bits per heavy atom. The second-order valence-corrected chi connectivity index (χ2v) is 6.64. The normalized spacial score (nSPS) is 23.1. The van der Waals surface area contributed by atoms with Crippen molar-refractivity contribution in [3.8, 4) is 0 Å². The molecule has 1 heterocycles. The molecule has 1 aliphatic heterocycles. The van der Waals surface area contributed by atoms with E-state index in [-0.39, 0.29) is 23.8 Å². The molecule has 0 aromatic heterocycles. The summed E-state index contributed by atoms with van der Waals surface area (Å²) in [6, 6.07) is 10.1. The SMILES string of the molecule is O=C(O)C[C@H]1CN(C(=O)C2(Cc3ccccc3)CCC2)CCO1. The van der Waals surface area contributed by atoms with Crippen molar-refractivity contribution in [3.05, 3.63) is 35.9 Å². The van der Waals surface area contributed by atoms with Crippen LogP contribution in [-0.2, 0) is 20.7 Å². The van der Waals surface area contributed by atoms with Crippen LogP contribution in [0.1, 0.15) is 31.2 Å². The van der Waals surface area contributed by atoms with Crippen LogP contribution in [0.2, 0.25) is 0 Å². The van der Waals surface area contributed by atoms with Gasteiger partial charge in [0.25, 0.3) is 0 Å². The van der Waals surface area contributed by atoms with Crippen LogP contribution in [0.5, 0.6) is 0 Å².